The lowest BCUT2D eigenvalue weighted by Crippen LogP contribution is -2.32. The van der Waals surface area contributed by atoms with Gasteiger partial charge in [-0.2, -0.15) is 0 Å². The summed E-state index contributed by atoms with van der Waals surface area (Å²) in [6.07, 6.45) is 2.00. The number of nitrogens with zero attached hydrogens (tertiary/aromatic N) is 2. The molecule has 122 valence electrons. The fourth-order valence-corrected chi connectivity index (χ4v) is 2.70. The molecule has 1 aromatic heterocycles. The van der Waals surface area contributed by atoms with Crippen LogP contribution in [0.4, 0.5) is 0 Å². The van der Waals surface area contributed by atoms with Crippen LogP contribution < -0.4 is 5.76 Å². The third kappa shape index (κ3) is 3.44. The number of hydrogen-bond donors (Lipinski definition) is 0. The van der Waals surface area contributed by atoms with Gasteiger partial charge in [0.25, 0.3) is 5.91 Å². The molecule has 0 spiro atoms. The van der Waals surface area contributed by atoms with Crippen LogP contribution in [-0.2, 0) is 20.9 Å². The second kappa shape index (κ2) is 6.68. The van der Waals surface area contributed by atoms with Crippen molar-refractivity contribution in [2.75, 3.05) is 19.7 Å². The van der Waals surface area contributed by atoms with Gasteiger partial charge in [0.1, 0.15) is 0 Å². The van der Waals surface area contributed by atoms with Crippen LogP contribution in [0.15, 0.2) is 33.5 Å². The fourth-order valence-electron chi connectivity index (χ4n) is 2.70. The van der Waals surface area contributed by atoms with Gasteiger partial charge in [0.15, 0.2) is 12.2 Å². The number of hydrogen-bond acceptors (Lipinski definition) is 5. The summed E-state index contributed by atoms with van der Waals surface area (Å²) in [6, 6.07) is 7.01. The van der Waals surface area contributed by atoms with E-state index in [-0.39, 0.29) is 25.5 Å². The number of likely N-dealkylation sites (tertiary alicyclic amines) is 1. The number of oxazole rings is 1. The summed E-state index contributed by atoms with van der Waals surface area (Å²) in [5.74, 6) is -1.18. The minimum atomic E-state index is -0.507. The van der Waals surface area contributed by atoms with Gasteiger partial charge in [-0.05, 0) is 25.0 Å². The normalized spacial score (nSPS) is 14.3. The number of benzene rings is 1. The monoisotopic (exact) mass is 318 g/mol. The molecule has 1 fully saturated rings. The number of aromatic nitrogens is 1. The van der Waals surface area contributed by atoms with Crippen molar-refractivity contribution in [3.63, 3.8) is 0 Å². The van der Waals surface area contributed by atoms with Crippen molar-refractivity contribution in [2.24, 2.45) is 0 Å². The Labute approximate surface area is 132 Å². The number of ether oxygens (including phenoxy) is 1. The molecule has 3 rings (SSSR count). The number of rotatable bonds is 5. The molecule has 0 N–H and O–H groups in total. The Morgan fingerprint density at radius 1 is 1.17 bits per heavy atom. The second-order valence-corrected chi connectivity index (χ2v) is 5.49. The zero-order valence-corrected chi connectivity index (χ0v) is 12.7. The van der Waals surface area contributed by atoms with Crippen LogP contribution >= 0.6 is 0 Å². The summed E-state index contributed by atoms with van der Waals surface area (Å²) in [4.78, 5) is 37.0. The number of esters is 1. The molecule has 1 aromatic carbocycles. The summed E-state index contributed by atoms with van der Waals surface area (Å²) in [5.41, 5.74) is 1.12. The Balaban J connectivity index is 1.53. The summed E-state index contributed by atoms with van der Waals surface area (Å²) in [6.45, 7) is 1.38. The third-order valence-corrected chi connectivity index (χ3v) is 3.93. The highest BCUT2D eigenvalue weighted by Crippen LogP contribution is 2.12. The topological polar surface area (TPSA) is 81.7 Å². The first-order valence-electron chi connectivity index (χ1n) is 7.67. The van der Waals surface area contributed by atoms with E-state index in [1.807, 2.05) is 0 Å². The van der Waals surface area contributed by atoms with Crippen molar-refractivity contribution >= 4 is 23.0 Å². The molecule has 0 saturated carbocycles. The van der Waals surface area contributed by atoms with Crippen molar-refractivity contribution in [2.45, 2.75) is 25.8 Å². The maximum absolute atomic E-state index is 11.8. The maximum Gasteiger partial charge on any atom is 0.419 e. The Hall–Kier alpha value is -2.57. The summed E-state index contributed by atoms with van der Waals surface area (Å²) >= 11 is 0. The van der Waals surface area contributed by atoms with Gasteiger partial charge in [-0.25, -0.2) is 4.79 Å². The van der Waals surface area contributed by atoms with Gasteiger partial charge in [-0.15, -0.1) is 0 Å². The van der Waals surface area contributed by atoms with Crippen LogP contribution in [0.5, 0.6) is 0 Å². The molecule has 0 aliphatic carbocycles. The number of carbonyl (C=O) groups is 2. The molecule has 1 aliphatic rings. The van der Waals surface area contributed by atoms with Crippen LogP contribution in [0.1, 0.15) is 19.3 Å². The Kier molecular flexibility index (Phi) is 4.45. The molecule has 0 unspecified atom stereocenters. The van der Waals surface area contributed by atoms with Gasteiger partial charge in [-0.3, -0.25) is 14.2 Å². The van der Waals surface area contributed by atoms with E-state index in [2.05, 4.69) is 0 Å². The lowest BCUT2D eigenvalue weighted by molar-refractivity contribution is -0.151. The number of aryl methyl sites for hydroxylation is 1. The van der Waals surface area contributed by atoms with Crippen molar-refractivity contribution in [1.82, 2.24) is 9.47 Å². The molecular weight excluding hydrogens is 300 g/mol. The SMILES string of the molecule is O=C(CCn1c(=O)oc2ccccc21)OCC(=O)N1CCCC1. The number of carbonyl (C=O) groups excluding carboxylic acids is 2. The van der Waals surface area contributed by atoms with E-state index >= 15 is 0 Å². The van der Waals surface area contributed by atoms with Gasteiger partial charge in [0, 0.05) is 19.6 Å². The Morgan fingerprint density at radius 3 is 2.70 bits per heavy atom. The molecule has 1 saturated heterocycles. The minimum Gasteiger partial charge on any atom is -0.456 e. The molecule has 7 heteroatoms. The van der Waals surface area contributed by atoms with Crippen LogP contribution in [0.2, 0.25) is 0 Å². The third-order valence-electron chi connectivity index (χ3n) is 3.93. The average Bonchev–Trinajstić information content (AvgIpc) is 3.18. The van der Waals surface area contributed by atoms with E-state index in [1.54, 1.807) is 29.2 Å². The molecule has 23 heavy (non-hydrogen) atoms. The smallest absolute Gasteiger partial charge is 0.419 e. The molecule has 0 bridgehead atoms. The van der Waals surface area contributed by atoms with E-state index in [9.17, 15) is 14.4 Å². The van der Waals surface area contributed by atoms with Gasteiger partial charge < -0.3 is 14.1 Å². The van der Waals surface area contributed by atoms with Crippen molar-refractivity contribution in [3.05, 3.63) is 34.8 Å². The Bertz CT molecular complexity index is 770. The van der Waals surface area contributed by atoms with Gasteiger partial charge in [0.05, 0.1) is 11.9 Å². The molecule has 0 atom stereocenters. The van der Waals surface area contributed by atoms with Crippen LogP contribution in [0.25, 0.3) is 11.1 Å². The van der Waals surface area contributed by atoms with E-state index in [0.29, 0.717) is 11.1 Å². The predicted molar refractivity (Wildman–Crippen MR) is 81.9 cm³/mol. The molecule has 1 aliphatic heterocycles. The quantitative estimate of drug-likeness (QED) is 0.772. The van der Waals surface area contributed by atoms with Gasteiger partial charge >= 0.3 is 11.7 Å². The number of fused-ring (bicyclic) bond motifs is 1. The number of para-hydroxylation sites is 2. The molecule has 2 aromatic rings. The van der Waals surface area contributed by atoms with E-state index < -0.39 is 11.7 Å². The molecule has 1 amide bonds. The van der Waals surface area contributed by atoms with E-state index in [1.165, 1.54) is 4.57 Å². The lowest BCUT2D eigenvalue weighted by atomic mass is 10.3. The summed E-state index contributed by atoms with van der Waals surface area (Å²) in [5, 5.41) is 0. The van der Waals surface area contributed by atoms with Gasteiger partial charge in [-0.1, -0.05) is 12.1 Å². The zero-order valence-electron chi connectivity index (χ0n) is 12.7. The molecule has 0 radical (unpaired) electrons. The fraction of sp³-hybridized carbons (Fsp3) is 0.438. The van der Waals surface area contributed by atoms with Crippen molar-refractivity contribution in [3.8, 4) is 0 Å². The first-order chi connectivity index (χ1) is 11.1. The van der Waals surface area contributed by atoms with E-state index in [4.69, 9.17) is 9.15 Å². The van der Waals surface area contributed by atoms with Crippen LogP contribution in [0, 0.1) is 0 Å². The highest BCUT2D eigenvalue weighted by molar-refractivity contribution is 5.81. The molecular formula is C16H18N2O5. The number of amides is 1. The maximum atomic E-state index is 11.8. The second-order valence-electron chi connectivity index (χ2n) is 5.49. The van der Waals surface area contributed by atoms with E-state index in [0.717, 1.165) is 25.9 Å². The zero-order chi connectivity index (χ0) is 16.2. The highest BCUT2D eigenvalue weighted by atomic mass is 16.5. The van der Waals surface area contributed by atoms with Crippen LogP contribution in [0.3, 0.4) is 0 Å². The Morgan fingerprint density at radius 2 is 1.91 bits per heavy atom. The summed E-state index contributed by atoms with van der Waals surface area (Å²) in [7, 11) is 0. The van der Waals surface area contributed by atoms with Crippen molar-refractivity contribution in [1.29, 1.82) is 0 Å². The predicted octanol–water partition coefficient (Wildman–Crippen LogP) is 1.15. The standard InChI is InChI=1S/C16H18N2O5/c19-14(17-8-3-4-9-17)11-22-15(20)7-10-18-12-5-1-2-6-13(12)23-16(18)21/h1-2,5-6H,3-4,7-11H2. The molecule has 7 nitrogen and oxygen atoms in total. The lowest BCUT2D eigenvalue weighted by Gasteiger charge is -2.14. The summed E-state index contributed by atoms with van der Waals surface area (Å²) < 4.78 is 11.5. The van der Waals surface area contributed by atoms with Gasteiger partial charge in [0.2, 0.25) is 0 Å². The highest BCUT2D eigenvalue weighted by Gasteiger charge is 2.19. The first kappa shape index (κ1) is 15.3. The molecule has 2 heterocycles. The van der Waals surface area contributed by atoms with Crippen molar-refractivity contribution < 1.29 is 18.7 Å². The average molecular weight is 318 g/mol. The van der Waals surface area contributed by atoms with Crippen LogP contribution in [-0.4, -0.2) is 41.0 Å². The first-order valence-corrected chi connectivity index (χ1v) is 7.67. The minimum absolute atomic E-state index is 0.0106. The largest absolute Gasteiger partial charge is 0.456 e.